The van der Waals surface area contributed by atoms with E-state index in [1.165, 1.54) is 0 Å². The van der Waals surface area contributed by atoms with Gasteiger partial charge in [0.1, 0.15) is 5.01 Å². The van der Waals surface area contributed by atoms with E-state index in [4.69, 9.17) is 5.73 Å². The zero-order valence-corrected chi connectivity index (χ0v) is 12.8. The molecule has 0 amide bonds. The van der Waals surface area contributed by atoms with Crippen molar-refractivity contribution < 1.29 is 0 Å². The number of thiazole rings is 1. The zero-order valence-electron chi connectivity index (χ0n) is 11.9. The number of aryl methyl sites for hydroxylation is 1. The summed E-state index contributed by atoms with van der Waals surface area (Å²) in [6, 6.07) is 10.1. The number of hydrogen-bond donors (Lipinski definition) is 1. The molecule has 0 aliphatic rings. The SMILES string of the molecule is CCn1cc(-c2nc(CC(N)c3ccccc3)cs2)cn1. The third kappa shape index (κ3) is 3.20. The van der Waals surface area contributed by atoms with Crippen molar-refractivity contribution in [3.8, 4) is 10.6 Å². The second-order valence-corrected chi connectivity index (χ2v) is 5.81. The van der Waals surface area contributed by atoms with Crippen LogP contribution >= 0.6 is 11.3 Å². The Morgan fingerprint density at radius 3 is 2.81 bits per heavy atom. The van der Waals surface area contributed by atoms with Crippen molar-refractivity contribution in [3.63, 3.8) is 0 Å². The molecule has 4 nitrogen and oxygen atoms in total. The third-order valence-electron chi connectivity index (χ3n) is 3.41. The van der Waals surface area contributed by atoms with Gasteiger partial charge in [-0.3, -0.25) is 4.68 Å². The highest BCUT2D eigenvalue weighted by molar-refractivity contribution is 7.13. The van der Waals surface area contributed by atoms with E-state index >= 15 is 0 Å². The van der Waals surface area contributed by atoms with Crippen molar-refractivity contribution >= 4 is 11.3 Å². The van der Waals surface area contributed by atoms with Crippen LogP contribution in [-0.4, -0.2) is 14.8 Å². The van der Waals surface area contributed by atoms with Crippen molar-refractivity contribution in [2.75, 3.05) is 0 Å². The van der Waals surface area contributed by atoms with Gasteiger partial charge in [-0.1, -0.05) is 30.3 Å². The Labute approximate surface area is 128 Å². The van der Waals surface area contributed by atoms with E-state index in [1.54, 1.807) is 11.3 Å². The van der Waals surface area contributed by atoms with E-state index in [-0.39, 0.29) is 6.04 Å². The van der Waals surface area contributed by atoms with Gasteiger partial charge in [0.05, 0.1) is 11.9 Å². The Kier molecular flexibility index (Phi) is 4.13. The van der Waals surface area contributed by atoms with Crippen LogP contribution in [-0.2, 0) is 13.0 Å². The van der Waals surface area contributed by atoms with Crippen LogP contribution in [0.15, 0.2) is 48.1 Å². The first-order chi connectivity index (χ1) is 10.3. The van der Waals surface area contributed by atoms with Crippen LogP contribution in [0.3, 0.4) is 0 Å². The fraction of sp³-hybridized carbons (Fsp3) is 0.250. The van der Waals surface area contributed by atoms with Gasteiger partial charge in [0.25, 0.3) is 0 Å². The Bertz CT molecular complexity index is 702. The molecule has 2 heterocycles. The average Bonchev–Trinajstić information content (AvgIpc) is 3.16. The molecular formula is C16H18N4S. The standard InChI is InChI=1S/C16H18N4S/c1-2-20-10-13(9-18-20)16-19-14(11-21-16)8-15(17)12-6-4-3-5-7-12/h3-7,9-11,15H,2,8,17H2,1H3. The maximum atomic E-state index is 6.25. The maximum Gasteiger partial charge on any atom is 0.126 e. The topological polar surface area (TPSA) is 56.7 Å². The van der Waals surface area contributed by atoms with Crippen molar-refractivity contribution in [1.82, 2.24) is 14.8 Å². The second kappa shape index (κ2) is 6.20. The van der Waals surface area contributed by atoms with E-state index in [9.17, 15) is 0 Å². The van der Waals surface area contributed by atoms with Gasteiger partial charge in [0.15, 0.2) is 0 Å². The van der Waals surface area contributed by atoms with Crippen LogP contribution in [0, 0.1) is 0 Å². The van der Waals surface area contributed by atoms with E-state index in [1.807, 2.05) is 35.3 Å². The lowest BCUT2D eigenvalue weighted by molar-refractivity contribution is 0.660. The first-order valence-corrected chi connectivity index (χ1v) is 7.92. The highest BCUT2D eigenvalue weighted by atomic mass is 32.1. The molecule has 108 valence electrons. The van der Waals surface area contributed by atoms with Crippen LogP contribution in [0.5, 0.6) is 0 Å². The zero-order chi connectivity index (χ0) is 14.7. The summed E-state index contributed by atoms with van der Waals surface area (Å²) in [5, 5.41) is 7.38. The number of rotatable bonds is 5. The lowest BCUT2D eigenvalue weighted by Gasteiger charge is -2.09. The van der Waals surface area contributed by atoms with Gasteiger partial charge in [-0.05, 0) is 12.5 Å². The fourth-order valence-electron chi connectivity index (χ4n) is 2.22. The molecule has 3 rings (SSSR count). The molecule has 1 atom stereocenters. The van der Waals surface area contributed by atoms with Crippen LogP contribution in [0.25, 0.3) is 10.6 Å². The Morgan fingerprint density at radius 2 is 2.10 bits per heavy atom. The lowest BCUT2D eigenvalue weighted by Crippen LogP contribution is -2.13. The molecule has 0 radical (unpaired) electrons. The summed E-state index contributed by atoms with van der Waals surface area (Å²) in [4.78, 5) is 4.68. The molecular weight excluding hydrogens is 280 g/mol. The van der Waals surface area contributed by atoms with Crippen molar-refractivity contribution in [2.45, 2.75) is 25.9 Å². The van der Waals surface area contributed by atoms with Crippen molar-refractivity contribution in [3.05, 3.63) is 59.4 Å². The quantitative estimate of drug-likeness (QED) is 0.786. The van der Waals surface area contributed by atoms with E-state index in [0.717, 1.165) is 34.8 Å². The molecule has 0 aliphatic carbocycles. The highest BCUT2D eigenvalue weighted by Crippen LogP contribution is 2.25. The normalized spacial score (nSPS) is 12.5. The van der Waals surface area contributed by atoms with E-state index in [0.29, 0.717) is 0 Å². The van der Waals surface area contributed by atoms with Crippen molar-refractivity contribution in [2.24, 2.45) is 5.73 Å². The van der Waals surface area contributed by atoms with Gasteiger partial charge in [-0.2, -0.15) is 5.10 Å². The predicted octanol–water partition coefficient (Wildman–Crippen LogP) is 3.27. The molecule has 1 aromatic carbocycles. The van der Waals surface area contributed by atoms with Gasteiger partial charge in [0, 0.05) is 36.1 Å². The molecule has 0 saturated heterocycles. The Hall–Kier alpha value is -1.98. The average molecular weight is 298 g/mol. The number of aromatic nitrogens is 3. The summed E-state index contributed by atoms with van der Waals surface area (Å²) in [6.07, 6.45) is 4.64. The van der Waals surface area contributed by atoms with Gasteiger partial charge in [-0.25, -0.2) is 4.98 Å². The van der Waals surface area contributed by atoms with Gasteiger partial charge in [-0.15, -0.1) is 11.3 Å². The summed E-state index contributed by atoms with van der Waals surface area (Å²) >= 11 is 1.64. The molecule has 0 spiro atoms. The first-order valence-electron chi connectivity index (χ1n) is 7.04. The molecule has 21 heavy (non-hydrogen) atoms. The molecule has 3 aromatic rings. The van der Waals surface area contributed by atoms with Crippen LogP contribution in [0.2, 0.25) is 0 Å². The molecule has 1 unspecified atom stereocenters. The molecule has 5 heteroatoms. The first kappa shape index (κ1) is 14.0. The number of nitrogens with zero attached hydrogens (tertiary/aromatic N) is 3. The highest BCUT2D eigenvalue weighted by Gasteiger charge is 2.11. The molecule has 0 saturated carbocycles. The molecule has 2 N–H and O–H groups in total. The van der Waals surface area contributed by atoms with Crippen LogP contribution in [0.4, 0.5) is 0 Å². The fourth-order valence-corrected chi connectivity index (χ4v) is 3.03. The summed E-state index contributed by atoms with van der Waals surface area (Å²) in [5.41, 5.74) is 9.50. The number of benzene rings is 1. The third-order valence-corrected chi connectivity index (χ3v) is 4.35. The Morgan fingerprint density at radius 1 is 1.29 bits per heavy atom. The van der Waals surface area contributed by atoms with E-state index < -0.39 is 0 Å². The summed E-state index contributed by atoms with van der Waals surface area (Å²) in [5.74, 6) is 0. The molecule has 0 aliphatic heterocycles. The van der Waals surface area contributed by atoms with E-state index in [2.05, 4.69) is 34.5 Å². The van der Waals surface area contributed by atoms with Gasteiger partial charge >= 0.3 is 0 Å². The minimum absolute atomic E-state index is 0.0143. The maximum absolute atomic E-state index is 6.25. The second-order valence-electron chi connectivity index (χ2n) is 4.95. The predicted molar refractivity (Wildman–Crippen MR) is 86.1 cm³/mol. The van der Waals surface area contributed by atoms with Crippen LogP contribution < -0.4 is 5.73 Å². The lowest BCUT2D eigenvalue weighted by atomic mass is 10.0. The number of nitrogens with two attached hydrogens (primary N) is 1. The summed E-state index contributed by atoms with van der Waals surface area (Å²) in [7, 11) is 0. The Balaban J connectivity index is 1.73. The minimum Gasteiger partial charge on any atom is -0.324 e. The van der Waals surface area contributed by atoms with Crippen molar-refractivity contribution in [1.29, 1.82) is 0 Å². The summed E-state index contributed by atoms with van der Waals surface area (Å²) in [6.45, 7) is 2.94. The number of hydrogen-bond acceptors (Lipinski definition) is 4. The largest absolute Gasteiger partial charge is 0.324 e. The monoisotopic (exact) mass is 298 g/mol. The molecule has 0 fully saturated rings. The minimum atomic E-state index is -0.0143. The van der Waals surface area contributed by atoms with Crippen LogP contribution in [0.1, 0.15) is 24.2 Å². The van der Waals surface area contributed by atoms with Gasteiger partial charge < -0.3 is 5.73 Å². The smallest absolute Gasteiger partial charge is 0.126 e. The molecule has 0 bridgehead atoms. The summed E-state index contributed by atoms with van der Waals surface area (Å²) < 4.78 is 1.91. The van der Waals surface area contributed by atoms with Gasteiger partial charge in [0.2, 0.25) is 0 Å². The molecule has 2 aromatic heterocycles.